The fourth-order valence-corrected chi connectivity index (χ4v) is 3.07. The van der Waals surface area contributed by atoms with Crippen LogP contribution in [-0.4, -0.2) is 49.0 Å². The minimum atomic E-state index is -0.251. The molecule has 1 atom stereocenters. The van der Waals surface area contributed by atoms with Crippen LogP contribution in [-0.2, 0) is 9.59 Å². The zero-order valence-electron chi connectivity index (χ0n) is 15.2. The maximum Gasteiger partial charge on any atom is 0.257 e. The highest BCUT2D eigenvalue weighted by Gasteiger charge is 2.28. The molecular formula is C19H29N3O3. The largest absolute Gasteiger partial charge is 0.484 e. The third-order valence-electron chi connectivity index (χ3n) is 4.55. The first-order valence-electron chi connectivity index (χ1n) is 9.00. The SMILES string of the molecule is CC(C)c1ccc(OCC(=O)NCCCN2CCC[C@@H]2C(N)=O)cc1. The number of hydrogen-bond donors (Lipinski definition) is 2. The summed E-state index contributed by atoms with van der Waals surface area (Å²) in [5.74, 6) is 0.780. The summed E-state index contributed by atoms with van der Waals surface area (Å²) in [5.41, 5.74) is 6.64. The minimum absolute atomic E-state index is 0.00858. The average molecular weight is 347 g/mol. The molecule has 2 rings (SSSR count). The first-order valence-corrected chi connectivity index (χ1v) is 9.00. The fourth-order valence-electron chi connectivity index (χ4n) is 3.07. The lowest BCUT2D eigenvalue weighted by Gasteiger charge is -2.21. The van der Waals surface area contributed by atoms with Crippen molar-refractivity contribution < 1.29 is 14.3 Å². The van der Waals surface area contributed by atoms with Gasteiger partial charge in [0.25, 0.3) is 5.91 Å². The van der Waals surface area contributed by atoms with E-state index in [1.165, 1.54) is 5.56 Å². The minimum Gasteiger partial charge on any atom is -0.484 e. The van der Waals surface area contributed by atoms with E-state index in [1.54, 1.807) is 0 Å². The summed E-state index contributed by atoms with van der Waals surface area (Å²) in [6.07, 6.45) is 2.63. The van der Waals surface area contributed by atoms with Crippen LogP contribution in [0.1, 0.15) is 44.6 Å². The lowest BCUT2D eigenvalue weighted by Crippen LogP contribution is -2.41. The number of carbonyl (C=O) groups is 2. The summed E-state index contributed by atoms with van der Waals surface area (Å²) in [6.45, 7) is 6.52. The van der Waals surface area contributed by atoms with Gasteiger partial charge in [-0.3, -0.25) is 14.5 Å². The number of rotatable bonds is 9. The molecule has 0 aromatic heterocycles. The van der Waals surface area contributed by atoms with Crippen molar-refractivity contribution in [1.82, 2.24) is 10.2 Å². The van der Waals surface area contributed by atoms with Gasteiger partial charge in [-0.05, 0) is 49.4 Å². The van der Waals surface area contributed by atoms with Gasteiger partial charge in [-0.15, -0.1) is 0 Å². The maximum atomic E-state index is 11.8. The third-order valence-corrected chi connectivity index (χ3v) is 4.55. The lowest BCUT2D eigenvalue weighted by molar-refractivity contribution is -0.124. The Morgan fingerprint density at radius 3 is 2.68 bits per heavy atom. The van der Waals surface area contributed by atoms with Crippen LogP contribution < -0.4 is 15.8 Å². The summed E-state index contributed by atoms with van der Waals surface area (Å²) in [7, 11) is 0. The molecule has 1 saturated heterocycles. The van der Waals surface area contributed by atoms with Crippen LogP contribution in [0.5, 0.6) is 5.75 Å². The smallest absolute Gasteiger partial charge is 0.257 e. The predicted octanol–water partition coefficient (Wildman–Crippen LogP) is 1.64. The molecule has 6 nitrogen and oxygen atoms in total. The van der Waals surface area contributed by atoms with E-state index >= 15 is 0 Å². The second kappa shape index (κ2) is 9.42. The molecule has 2 amide bonds. The van der Waals surface area contributed by atoms with Crippen LogP contribution in [0.25, 0.3) is 0 Å². The average Bonchev–Trinajstić information content (AvgIpc) is 3.06. The van der Waals surface area contributed by atoms with Gasteiger partial charge < -0.3 is 15.8 Å². The number of hydrogen-bond acceptors (Lipinski definition) is 4. The number of benzene rings is 1. The molecule has 0 radical (unpaired) electrons. The molecule has 0 spiro atoms. The summed E-state index contributed by atoms with van der Waals surface area (Å²) in [6, 6.07) is 7.67. The molecule has 1 heterocycles. The molecule has 1 aliphatic rings. The van der Waals surface area contributed by atoms with Gasteiger partial charge in [0.05, 0.1) is 6.04 Å². The maximum absolute atomic E-state index is 11.8. The van der Waals surface area contributed by atoms with E-state index in [0.717, 1.165) is 32.4 Å². The van der Waals surface area contributed by atoms with E-state index in [1.807, 2.05) is 24.3 Å². The first-order chi connectivity index (χ1) is 12.0. The first kappa shape index (κ1) is 19.2. The number of nitrogens with one attached hydrogen (secondary N) is 1. The number of nitrogens with zero attached hydrogens (tertiary/aromatic N) is 1. The molecule has 1 aliphatic heterocycles. The fraction of sp³-hybridized carbons (Fsp3) is 0.579. The monoisotopic (exact) mass is 347 g/mol. The Morgan fingerprint density at radius 1 is 1.32 bits per heavy atom. The number of ether oxygens (including phenoxy) is 1. The Morgan fingerprint density at radius 2 is 2.04 bits per heavy atom. The third kappa shape index (κ3) is 6.05. The summed E-state index contributed by atoms with van der Waals surface area (Å²) in [4.78, 5) is 25.3. The molecule has 0 bridgehead atoms. The van der Waals surface area contributed by atoms with E-state index in [-0.39, 0.29) is 24.5 Å². The molecule has 6 heteroatoms. The number of amides is 2. The van der Waals surface area contributed by atoms with Crippen molar-refractivity contribution in [2.75, 3.05) is 26.2 Å². The predicted molar refractivity (Wildman–Crippen MR) is 97.4 cm³/mol. The molecule has 25 heavy (non-hydrogen) atoms. The molecule has 1 fully saturated rings. The van der Waals surface area contributed by atoms with Crippen molar-refractivity contribution in [3.63, 3.8) is 0 Å². The molecular weight excluding hydrogens is 318 g/mol. The van der Waals surface area contributed by atoms with Crippen molar-refractivity contribution in [2.24, 2.45) is 5.73 Å². The Balaban J connectivity index is 1.61. The van der Waals surface area contributed by atoms with Gasteiger partial charge in [-0.25, -0.2) is 0 Å². The van der Waals surface area contributed by atoms with E-state index in [2.05, 4.69) is 24.1 Å². The van der Waals surface area contributed by atoms with Crippen LogP contribution in [0.15, 0.2) is 24.3 Å². The highest BCUT2D eigenvalue weighted by Crippen LogP contribution is 2.18. The van der Waals surface area contributed by atoms with Crippen molar-refractivity contribution in [1.29, 1.82) is 0 Å². The summed E-state index contributed by atoms with van der Waals surface area (Å²) in [5, 5.41) is 2.84. The second-order valence-electron chi connectivity index (χ2n) is 6.81. The Labute approximate surface area is 149 Å². The molecule has 0 saturated carbocycles. The number of nitrogens with two attached hydrogens (primary N) is 1. The highest BCUT2D eigenvalue weighted by atomic mass is 16.5. The van der Waals surface area contributed by atoms with Crippen LogP contribution in [0, 0.1) is 0 Å². The number of primary amides is 1. The van der Waals surface area contributed by atoms with Gasteiger partial charge in [-0.2, -0.15) is 0 Å². The molecule has 1 aromatic carbocycles. The van der Waals surface area contributed by atoms with Gasteiger partial charge in [0, 0.05) is 13.1 Å². The van der Waals surface area contributed by atoms with Crippen LogP contribution in [0.2, 0.25) is 0 Å². The van der Waals surface area contributed by atoms with Gasteiger partial charge in [0.1, 0.15) is 5.75 Å². The molecule has 0 unspecified atom stereocenters. The van der Waals surface area contributed by atoms with Crippen molar-refractivity contribution in [2.45, 2.75) is 45.1 Å². The summed E-state index contributed by atoms with van der Waals surface area (Å²) < 4.78 is 5.50. The summed E-state index contributed by atoms with van der Waals surface area (Å²) >= 11 is 0. The van der Waals surface area contributed by atoms with E-state index < -0.39 is 0 Å². The standard InChI is InChI=1S/C19H29N3O3/c1-14(2)15-6-8-16(9-7-15)25-13-18(23)21-10-4-12-22-11-3-5-17(22)19(20)24/h6-9,14,17H,3-5,10-13H2,1-2H3,(H2,20,24)(H,21,23)/t17-/m1/s1. The number of carbonyl (C=O) groups excluding carboxylic acids is 2. The highest BCUT2D eigenvalue weighted by molar-refractivity contribution is 5.80. The van der Waals surface area contributed by atoms with E-state index in [4.69, 9.17) is 10.5 Å². The van der Waals surface area contributed by atoms with E-state index in [0.29, 0.717) is 18.2 Å². The quantitative estimate of drug-likeness (QED) is 0.665. The van der Waals surface area contributed by atoms with E-state index in [9.17, 15) is 9.59 Å². The zero-order chi connectivity index (χ0) is 18.2. The molecule has 1 aromatic rings. The van der Waals surface area contributed by atoms with Crippen LogP contribution in [0.3, 0.4) is 0 Å². The van der Waals surface area contributed by atoms with Crippen molar-refractivity contribution in [3.8, 4) is 5.75 Å². The van der Waals surface area contributed by atoms with Gasteiger partial charge in [-0.1, -0.05) is 26.0 Å². The topological polar surface area (TPSA) is 84.7 Å². The van der Waals surface area contributed by atoms with Gasteiger partial charge in [0.2, 0.25) is 5.91 Å². The van der Waals surface area contributed by atoms with Crippen LogP contribution >= 0.6 is 0 Å². The Bertz CT molecular complexity index is 572. The lowest BCUT2D eigenvalue weighted by atomic mass is 10.0. The molecule has 138 valence electrons. The van der Waals surface area contributed by atoms with Crippen molar-refractivity contribution >= 4 is 11.8 Å². The van der Waals surface area contributed by atoms with Crippen LogP contribution in [0.4, 0.5) is 0 Å². The van der Waals surface area contributed by atoms with Crippen molar-refractivity contribution in [3.05, 3.63) is 29.8 Å². The zero-order valence-corrected chi connectivity index (χ0v) is 15.2. The second-order valence-corrected chi connectivity index (χ2v) is 6.81. The van der Waals surface area contributed by atoms with Gasteiger partial charge in [0.15, 0.2) is 6.61 Å². The Hall–Kier alpha value is -2.08. The van der Waals surface area contributed by atoms with Gasteiger partial charge >= 0.3 is 0 Å². The molecule has 0 aliphatic carbocycles. The Kier molecular flexibility index (Phi) is 7.25. The molecule has 3 N–H and O–H groups in total. The number of likely N-dealkylation sites (tertiary alicyclic amines) is 1. The normalized spacial score (nSPS) is 17.6.